The summed E-state index contributed by atoms with van der Waals surface area (Å²) in [6, 6.07) is 2.09. The van der Waals surface area contributed by atoms with Gasteiger partial charge >= 0.3 is 0 Å². The van der Waals surface area contributed by atoms with Gasteiger partial charge < -0.3 is 5.32 Å². The minimum absolute atomic E-state index is 0.727. The van der Waals surface area contributed by atoms with Gasteiger partial charge in [0.1, 0.15) is 0 Å². The summed E-state index contributed by atoms with van der Waals surface area (Å²) in [6.07, 6.45) is 1.12. The highest BCUT2D eigenvalue weighted by molar-refractivity contribution is 7.07. The second kappa shape index (κ2) is 5.72. The molecule has 5 nitrogen and oxygen atoms in total. The summed E-state index contributed by atoms with van der Waals surface area (Å²) < 4.78 is 1.84. The number of hydrogen-bond acceptors (Lipinski definition) is 5. The van der Waals surface area contributed by atoms with Gasteiger partial charge in [-0.05, 0) is 45.8 Å². The van der Waals surface area contributed by atoms with Crippen molar-refractivity contribution in [1.82, 2.24) is 25.5 Å². The smallest absolute Gasteiger partial charge is 0.165 e. The number of aromatic nitrogens is 4. The first-order chi connectivity index (χ1) is 7.90. The van der Waals surface area contributed by atoms with E-state index < -0.39 is 0 Å². The van der Waals surface area contributed by atoms with Crippen molar-refractivity contribution in [3.05, 3.63) is 28.2 Å². The van der Waals surface area contributed by atoms with Crippen LogP contribution in [0.2, 0.25) is 0 Å². The first kappa shape index (κ1) is 11.2. The third-order valence-corrected chi connectivity index (χ3v) is 2.96. The molecule has 0 saturated carbocycles. The zero-order valence-electron chi connectivity index (χ0n) is 9.26. The molecule has 6 heteroatoms. The summed E-state index contributed by atoms with van der Waals surface area (Å²) in [6.45, 7) is 4.61. The monoisotopic (exact) mass is 237 g/mol. The summed E-state index contributed by atoms with van der Waals surface area (Å²) in [5.74, 6) is 0.889. The lowest BCUT2D eigenvalue weighted by molar-refractivity contribution is 0.578. The van der Waals surface area contributed by atoms with Crippen LogP contribution in [0.25, 0.3) is 0 Å². The quantitative estimate of drug-likeness (QED) is 0.769. The number of thiophene rings is 1. The van der Waals surface area contributed by atoms with Crippen LogP contribution in [0.1, 0.15) is 24.7 Å². The van der Waals surface area contributed by atoms with E-state index in [2.05, 4.69) is 44.6 Å². The van der Waals surface area contributed by atoms with Gasteiger partial charge in [0.25, 0.3) is 0 Å². The SMILES string of the molecule is CCCNCc1nnnn1Cc1ccsc1. The zero-order valence-corrected chi connectivity index (χ0v) is 10.1. The van der Waals surface area contributed by atoms with Crippen molar-refractivity contribution < 1.29 is 0 Å². The zero-order chi connectivity index (χ0) is 11.2. The van der Waals surface area contributed by atoms with E-state index in [1.165, 1.54) is 5.56 Å². The fraction of sp³-hybridized carbons (Fsp3) is 0.500. The van der Waals surface area contributed by atoms with Crippen LogP contribution in [0.15, 0.2) is 16.8 Å². The highest BCUT2D eigenvalue weighted by Gasteiger charge is 2.05. The summed E-state index contributed by atoms with van der Waals surface area (Å²) in [4.78, 5) is 0. The maximum atomic E-state index is 4.01. The second-order valence-electron chi connectivity index (χ2n) is 3.56. The summed E-state index contributed by atoms with van der Waals surface area (Å²) in [5, 5.41) is 19.2. The molecule has 0 aliphatic carbocycles. The first-order valence-electron chi connectivity index (χ1n) is 5.37. The Morgan fingerprint density at radius 2 is 2.44 bits per heavy atom. The Morgan fingerprint density at radius 1 is 1.50 bits per heavy atom. The summed E-state index contributed by atoms with van der Waals surface area (Å²) in [7, 11) is 0. The highest BCUT2D eigenvalue weighted by atomic mass is 32.1. The fourth-order valence-corrected chi connectivity index (χ4v) is 2.06. The van der Waals surface area contributed by atoms with Crippen LogP contribution in [0.3, 0.4) is 0 Å². The number of tetrazole rings is 1. The molecule has 2 rings (SSSR count). The van der Waals surface area contributed by atoms with E-state index in [4.69, 9.17) is 0 Å². The Bertz CT molecular complexity index is 409. The molecule has 0 fully saturated rings. The van der Waals surface area contributed by atoms with Crippen LogP contribution < -0.4 is 5.32 Å². The fourth-order valence-electron chi connectivity index (χ4n) is 1.41. The highest BCUT2D eigenvalue weighted by Crippen LogP contribution is 2.07. The average molecular weight is 237 g/mol. The van der Waals surface area contributed by atoms with Gasteiger partial charge in [-0.2, -0.15) is 11.3 Å². The molecular weight excluding hydrogens is 222 g/mol. The predicted molar refractivity (Wildman–Crippen MR) is 63.2 cm³/mol. The number of nitrogens with one attached hydrogen (secondary N) is 1. The molecule has 2 aromatic rings. The van der Waals surface area contributed by atoms with Crippen molar-refractivity contribution in [3.8, 4) is 0 Å². The van der Waals surface area contributed by atoms with Crippen molar-refractivity contribution in [2.75, 3.05) is 6.54 Å². The van der Waals surface area contributed by atoms with Gasteiger partial charge in [-0.15, -0.1) is 5.10 Å². The lowest BCUT2D eigenvalue weighted by atomic mass is 10.3. The Morgan fingerprint density at radius 3 is 3.19 bits per heavy atom. The topological polar surface area (TPSA) is 55.6 Å². The van der Waals surface area contributed by atoms with Gasteiger partial charge in [-0.3, -0.25) is 0 Å². The molecule has 0 bridgehead atoms. The number of hydrogen-bond donors (Lipinski definition) is 1. The van der Waals surface area contributed by atoms with Crippen LogP contribution in [-0.4, -0.2) is 26.8 Å². The van der Waals surface area contributed by atoms with Crippen LogP contribution in [-0.2, 0) is 13.1 Å². The van der Waals surface area contributed by atoms with Crippen molar-refractivity contribution in [2.24, 2.45) is 0 Å². The summed E-state index contributed by atoms with van der Waals surface area (Å²) in [5.41, 5.74) is 1.24. The first-order valence-corrected chi connectivity index (χ1v) is 6.31. The maximum Gasteiger partial charge on any atom is 0.165 e. The Hall–Kier alpha value is -1.27. The van der Waals surface area contributed by atoms with Crippen molar-refractivity contribution >= 4 is 11.3 Å². The molecule has 0 aliphatic rings. The molecule has 0 saturated heterocycles. The van der Waals surface area contributed by atoms with Crippen molar-refractivity contribution in [2.45, 2.75) is 26.4 Å². The number of rotatable bonds is 6. The normalized spacial score (nSPS) is 10.8. The molecule has 16 heavy (non-hydrogen) atoms. The van der Waals surface area contributed by atoms with Gasteiger partial charge in [-0.25, -0.2) is 4.68 Å². The van der Waals surface area contributed by atoms with Gasteiger partial charge in [0.15, 0.2) is 5.82 Å². The van der Waals surface area contributed by atoms with E-state index in [9.17, 15) is 0 Å². The molecule has 0 radical (unpaired) electrons. The number of nitrogens with zero attached hydrogens (tertiary/aromatic N) is 4. The van der Waals surface area contributed by atoms with E-state index in [1.54, 1.807) is 11.3 Å². The molecule has 1 N–H and O–H groups in total. The van der Waals surface area contributed by atoms with Crippen LogP contribution in [0.5, 0.6) is 0 Å². The van der Waals surface area contributed by atoms with Gasteiger partial charge in [0.05, 0.1) is 13.1 Å². The van der Waals surface area contributed by atoms with Gasteiger partial charge in [0.2, 0.25) is 0 Å². The minimum atomic E-state index is 0.727. The molecule has 2 heterocycles. The lowest BCUT2D eigenvalue weighted by Gasteiger charge is -2.03. The van der Waals surface area contributed by atoms with E-state index in [0.717, 1.165) is 31.9 Å². The molecule has 0 aliphatic heterocycles. The molecule has 0 aromatic carbocycles. The van der Waals surface area contributed by atoms with Crippen LogP contribution >= 0.6 is 11.3 Å². The van der Waals surface area contributed by atoms with Crippen LogP contribution in [0, 0.1) is 0 Å². The van der Waals surface area contributed by atoms with Crippen molar-refractivity contribution in [1.29, 1.82) is 0 Å². The van der Waals surface area contributed by atoms with E-state index in [1.807, 2.05) is 4.68 Å². The standard InChI is InChI=1S/C10H15N5S/c1-2-4-11-6-10-12-13-14-15(10)7-9-3-5-16-8-9/h3,5,8,11H,2,4,6-7H2,1H3. The molecule has 0 unspecified atom stereocenters. The third kappa shape index (κ3) is 2.86. The van der Waals surface area contributed by atoms with E-state index >= 15 is 0 Å². The Balaban J connectivity index is 1.96. The largest absolute Gasteiger partial charge is 0.310 e. The van der Waals surface area contributed by atoms with Gasteiger partial charge in [0, 0.05) is 0 Å². The lowest BCUT2D eigenvalue weighted by Crippen LogP contribution is -2.18. The second-order valence-corrected chi connectivity index (χ2v) is 4.34. The maximum absolute atomic E-state index is 4.01. The molecule has 86 valence electrons. The molecular formula is C10H15N5S. The van der Waals surface area contributed by atoms with Gasteiger partial charge in [-0.1, -0.05) is 6.92 Å². The predicted octanol–water partition coefficient (Wildman–Crippen LogP) is 1.28. The van der Waals surface area contributed by atoms with Crippen LogP contribution in [0.4, 0.5) is 0 Å². The van der Waals surface area contributed by atoms with E-state index in [-0.39, 0.29) is 0 Å². The molecule has 0 amide bonds. The van der Waals surface area contributed by atoms with Crippen molar-refractivity contribution in [3.63, 3.8) is 0 Å². The molecule has 2 aromatic heterocycles. The Labute approximate surface area is 98.5 Å². The third-order valence-electron chi connectivity index (χ3n) is 2.23. The average Bonchev–Trinajstić information content (AvgIpc) is 2.92. The molecule has 0 atom stereocenters. The van der Waals surface area contributed by atoms with E-state index in [0.29, 0.717) is 0 Å². The Kier molecular flexibility index (Phi) is 4.01. The molecule has 0 spiro atoms. The minimum Gasteiger partial charge on any atom is -0.310 e. The summed E-state index contributed by atoms with van der Waals surface area (Å²) >= 11 is 1.69.